The Labute approximate surface area is 139 Å². The van der Waals surface area contributed by atoms with Crippen LogP contribution in [0.25, 0.3) is 0 Å². The highest BCUT2D eigenvalue weighted by Gasteiger charge is 2.30. The molecule has 0 aliphatic carbocycles. The lowest BCUT2D eigenvalue weighted by Crippen LogP contribution is -2.38. The zero-order valence-corrected chi connectivity index (χ0v) is 14.4. The van der Waals surface area contributed by atoms with Gasteiger partial charge in [-0.1, -0.05) is 0 Å². The van der Waals surface area contributed by atoms with Gasteiger partial charge >= 0.3 is 0 Å². The molecule has 23 heavy (non-hydrogen) atoms. The van der Waals surface area contributed by atoms with Gasteiger partial charge in [-0.15, -0.1) is 21.5 Å². The van der Waals surface area contributed by atoms with Crippen LogP contribution in [0.5, 0.6) is 0 Å². The van der Waals surface area contributed by atoms with E-state index < -0.39 is 0 Å². The van der Waals surface area contributed by atoms with Crippen LogP contribution in [0.4, 0.5) is 0 Å². The molecule has 0 unspecified atom stereocenters. The molecule has 2 aromatic rings. The molecule has 2 aromatic heterocycles. The van der Waals surface area contributed by atoms with Gasteiger partial charge in [-0.25, -0.2) is 4.98 Å². The molecule has 7 heteroatoms. The number of aryl methyl sites for hydroxylation is 3. The lowest BCUT2D eigenvalue weighted by atomic mass is 9.95. The van der Waals surface area contributed by atoms with E-state index in [0.29, 0.717) is 5.92 Å². The Morgan fingerprint density at radius 2 is 1.96 bits per heavy atom. The first-order chi connectivity index (χ1) is 11.1. The minimum Gasteiger partial charge on any atom is -0.338 e. The van der Waals surface area contributed by atoms with Crippen LogP contribution >= 0.6 is 11.3 Å². The maximum Gasteiger partial charge on any atom is 0.265 e. The molecule has 2 aliphatic rings. The average molecular weight is 331 g/mol. The lowest BCUT2D eigenvalue weighted by molar-refractivity contribution is 0.0714. The highest BCUT2D eigenvalue weighted by Crippen LogP contribution is 2.30. The number of fused-ring (bicyclic) bond motifs is 1. The van der Waals surface area contributed by atoms with Crippen molar-refractivity contribution >= 4 is 17.2 Å². The van der Waals surface area contributed by atoms with E-state index in [1.54, 1.807) is 0 Å². The summed E-state index contributed by atoms with van der Waals surface area (Å²) in [6, 6.07) is 0. The molecule has 0 atom stereocenters. The van der Waals surface area contributed by atoms with Gasteiger partial charge in [0.05, 0.1) is 10.7 Å². The highest BCUT2D eigenvalue weighted by atomic mass is 32.1. The number of carbonyl (C=O) groups excluding carboxylic acids is 1. The van der Waals surface area contributed by atoms with Crippen LogP contribution in [0.3, 0.4) is 0 Å². The zero-order chi connectivity index (χ0) is 16.0. The quantitative estimate of drug-likeness (QED) is 0.847. The lowest BCUT2D eigenvalue weighted by Gasteiger charge is -2.31. The maximum absolute atomic E-state index is 12.7. The molecule has 4 heterocycles. The van der Waals surface area contributed by atoms with Crippen LogP contribution in [0, 0.1) is 13.8 Å². The minimum absolute atomic E-state index is 0.137. The van der Waals surface area contributed by atoms with Crippen LogP contribution in [-0.4, -0.2) is 43.6 Å². The van der Waals surface area contributed by atoms with E-state index in [4.69, 9.17) is 0 Å². The second-order valence-corrected chi connectivity index (χ2v) is 7.65. The number of amides is 1. The first-order valence-corrected chi connectivity index (χ1v) is 9.10. The Kier molecular flexibility index (Phi) is 3.67. The van der Waals surface area contributed by atoms with Crippen molar-refractivity contribution in [2.24, 2.45) is 0 Å². The molecule has 1 fully saturated rings. The van der Waals surface area contributed by atoms with Crippen molar-refractivity contribution in [3.05, 3.63) is 27.2 Å². The third-order valence-corrected chi connectivity index (χ3v) is 5.94. The summed E-state index contributed by atoms with van der Waals surface area (Å²) in [6.07, 6.45) is 4.18. The van der Waals surface area contributed by atoms with Crippen molar-refractivity contribution in [1.82, 2.24) is 24.6 Å². The van der Waals surface area contributed by atoms with Crippen molar-refractivity contribution < 1.29 is 4.79 Å². The smallest absolute Gasteiger partial charge is 0.265 e. The van der Waals surface area contributed by atoms with Gasteiger partial charge in [-0.3, -0.25) is 4.79 Å². The van der Waals surface area contributed by atoms with Gasteiger partial charge in [-0.2, -0.15) is 0 Å². The molecule has 0 aromatic carbocycles. The number of piperidine rings is 1. The van der Waals surface area contributed by atoms with Crippen LogP contribution < -0.4 is 0 Å². The largest absolute Gasteiger partial charge is 0.338 e. The Bertz CT molecular complexity index is 742. The monoisotopic (exact) mass is 331 g/mol. The maximum atomic E-state index is 12.7. The summed E-state index contributed by atoms with van der Waals surface area (Å²) >= 11 is 1.50. The van der Waals surface area contributed by atoms with Gasteiger partial charge < -0.3 is 9.47 Å². The van der Waals surface area contributed by atoms with Crippen LogP contribution in [0.2, 0.25) is 0 Å². The molecule has 0 radical (unpaired) electrons. The fourth-order valence-corrected chi connectivity index (χ4v) is 4.58. The second kappa shape index (κ2) is 5.70. The fraction of sp³-hybridized carbons (Fsp3) is 0.625. The van der Waals surface area contributed by atoms with E-state index in [1.807, 2.05) is 18.7 Å². The molecule has 0 saturated carbocycles. The Morgan fingerprint density at radius 3 is 2.65 bits per heavy atom. The molecule has 4 rings (SSSR count). The van der Waals surface area contributed by atoms with Crippen molar-refractivity contribution in [3.63, 3.8) is 0 Å². The summed E-state index contributed by atoms with van der Waals surface area (Å²) in [7, 11) is 0. The average Bonchev–Trinajstić information content (AvgIpc) is 3.22. The molecule has 1 amide bonds. The van der Waals surface area contributed by atoms with Crippen LogP contribution in [-0.2, 0) is 13.0 Å². The molecular formula is C16H21N5OS. The minimum atomic E-state index is 0.137. The van der Waals surface area contributed by atoms with Gasteiger partial charge in [-0.05, 0) is 33.1 Å². The standard InChI is InChI=1S/C16H21N5OS/c1-10-14(23-11(2)17-10)16(22)20-8-5-12(6-9-20)15-19-18-13-4-3-7-21(13)15/h12H,3-9H2,1-2H3. The van der Waals surface area contributed by atoms with Crippen molar-refractivity contribution in [2.45, 2.75) is 52.0 Å². The van der Waals surface area contributed by atoms with E-state index in [1.165, 1.54) is 17.8 Å². The third-order valence-electron chi connectivity index (χ3n) is 4.88. The summed E-state index contributed by atoms with van der Waals surface area (Å²) in [5.74, 6) is 2.84. The fourth-order valence-electron chi connectivity index (χ4n) is 3.69. The molecule has 0 bridgehead atoms. The molecule has 122 valence electrons. The Balaban J connectivity index is 1.45. The number of aromatic nitrogens is 4. The number of rotatable bonds is 2. The SMILES string of the molecule is Cc1nc(C)c(C(=O)N2CCC(c3nnc4n3CCC4)CC2)s1. The van der Waals surface area contributed by atoms with Crippen molar-refractivity contribution in [3.8, 4) is 0 Å². The molecule has 6 nitrogen and oxygen atoms in total. The number of hydrogen-bond donors (Lipinski definition) is 0. The summed E-state index contributed by atoms with van der Waals surface area (Å²) in [4.78, 5) is 19.8. The summed E-state index contributed by atoms with van der Waals surface area (Å²) in [5, 5.41) is 9.68. The summed E-state index contributed by atoms with van der Waals surface area (Å²) in [5.41, 5.74) is 0.856. The summed E-state index contributed by atoms with van der Waals surface area (Å²) in [6.45, 7) is 6.51. The molecule has 2 aliphatic heterocycles. The summed E-state index contributed by atoms with van der Waals surface area (Å²) < 4.78 is 2.29. The number of hydrogen-bond acceptors (Lipinski definition) is 5. The molecule has 0 N–H and O–H groups in total. The zero-order valence-electron chi connectivity index (χ0n) is 13.6. The van der Waals surface area contributed by atoms with Gasteiger partial charge in [0, 0.05) is 32.0 Å². The molecule has 0 spiro atoms. The van der Waals surface area contributed by atoms with E-state index in [2.05, 4.69) is 19.7 Å². The van der Waals surface area contributed by atoms with Crippen molar-refractivity contribution in [2.75, 3.05) is 13.1 Å². The predicted molar refractivity (Wildman–Crippen MR) is 87.8 cm³/mol. The van der Waals surface area contributed by atoms with E-state index in [-0.39, 0.29) is 5.91 Å². The third kappa shape index (κ3) is 2.56. The van der Waals surface area contributed by atoms with E-state index >= 15 is 0 Å². The molecule has 1 saturated heterocycles. The number of nitrogens with zero attached hydrogens (tertiary/aromatic N) is 5. The first-order valence-electron chi connectivity index (χ1n) is 8.29. The number of thiazole rings is 1. The normalized spacial score (nSPS) is 18.4. The first kappa shape index (κ1) is 14.8. The molecular weight excluding hydrogens is 310 g/mol. The number of carbonyl (C=O) groups is 1. The van der Waals surface area contributed by atoms with Gasteiger partial charge in [0.1, 0.15) is 16.5 Å². The predicted octanol–water partition coefficient (Wildman–Crippen LogP) is 2.32. The van der Waals surface area contributed by atoms with Gasteiger partial charge in [0.15, 0.2) is 0 Å². The topological polar surface area (TPSA) is 63.9 Å². The highest BCUT2D eigenvalue weighted by molar-refractivity contribution is 7.13. The van der Waals surface area contributed by atoms with Gasteiger partial charge in [0.2, 0.25) is 0 Å². The second-order valence-electron chi connectivity index (χ2n) is 6.44. The van der Waals surface area contributed by atoms with Gasteiger partial charge in [0.25, 0.3) is 5.91 Å². The van der Waals surface area contributed by atoms with Crippen LogP contribution in [0.15, 0.2) is 0 Å². The Morgan fingerprint density at radius 1 is 1.17 bits per heavy atom. The Hall–Kier alpha value is -1.76. The van der Waals surface area contributed by atoms with Crippen molar-refractivity contribution in [1.29, 1.82) is 0 Å². The van der Waals surface area contributed by atoms with Crippen LogP contribution in [0.1, 0.15) is 57.2 Å². The number of likely N-dealkylation sites (tertiary alicyclic amines) is 1. The van der Waals surface area contributed by atoms with E-state index in [0.717, 1.165) is 66.1 Å². The van der Waals surface area contributed by atoms with E-state index in [9.17, 15) is 4.79 Å².